The topological polar surface area (TPSA) is 74.4 Å². The summed E-state index contributed by atoms with van der Waals surface area (Å²) in [4.78, 5) is 29.3. The molecule has 1 aliphatic rings. The third-order valence-corrected chi connectivity index (χ3v) is 5.77. The summed E-state index contributed by atoms with van der Waals surface area (Å²) in [6.07, 6.45) is 0. The molecule has 0 saturated heterocycles. The number of anilines is 1. The third kappa shape index (κ3) is 3.20. The highest BCUT2D eigenvalue weighted by atomic mass is 35.5. The Labute approximate surface area is 162 Å². The summed E-state index contributed by atoms with van der Waals surface area (Å²) in [7, 11) is 1.65. The van der Waals surface area contributed by atoms with E-state index >= 15 is 0 Å². The first-order valence-electron chi connectivity index (χ1n) is 8.14. The average Bonchev–Trinajstić information content (AvgIpc) is 3.14. The van der Waals surface area contributed by atoms with Crippen LogP contribution in [0.4, 0.5) is 14.9 Å². The van der Waals surface area contributed by atoms with Crippen LogP contribution in [0, 0.1) is 5.82 Å². The number of fused-ring (bicyclic) bond motifs is 3. The van der Waals surface area contributed by atoms with E-state index < -0.39 is 11.8 Å². The number of ether oxygens (including phenoxy) is 1. The van der Waals surface area contributed by atoms with E-state index in [0.717, 1.165) is 10.9 Å². The molecular weight excluding hydrogens is 393 g/mol. The van der Waals surface area contributed by atoms with E-state index in [1.54, 1.807) is 7.05 Å². The number of rotatable bonds is 2. The van der Waals surface area contributed by atoms with Gasteiger partial charge in [0.2, 0.25) is 0 Å². The van der Waals surface area contributed by atoms with Gasteiger partial charge in [-0.05, 0) is 29.6 Å². The quantitative estimate of drug-likeness (QED) is 0.671. The lowest BCUT2D eigenvalue weighted by Gasteiger charge is -2.33. The monoisotopic (exact) mass is 407 g/mol. The number of H-pyrrole nitrogens is 1. The van der Waals surface area contributed by atoms with Gasteiger partial charge in [-0.1, -0.05) is 11.6 Å². The number of benzene rings is 1. The summed E-state index contributed by atoms with van der Waals surface area (Å²) in [5.74, 6) is -0.554. The molecule has 2 amide bonds. The summed E-state index contributed by atoms with van der Waals surface area (Å²) >= 11 is 7.13. The molecule has 0 saturated carbocycles. The van der Waals surface area contributed by atoms with Crippen molar-refractivity contribution in [2.24, 2.45) is 0 Å². The summed E-state index contributed by atoms with van der Waals surface area (Å²) in [5.41, 5.74) is 1.78. The lowest BCUT2D eigenvalue weighted by molar-refractivity contribution is 0.0528. The smallest absolute Gasteiger partial charge is 0.322 e. The largest absolute Gasteiger partial charge is 0.373 e. The molecule has 0 fully saturated rings. The first-order valence-corrected chi connectivity index (χ1v) is 9.40. The Morgan fingerprint density at radius 1 is 1.44 bits per heavy atom. The average molecular weight is 408 g/mol. The van der Waals surface area contributed by atoms with Crippen molar-refractivity contribution in [2.45, 2.75) is 12.6 Å². The van der Waals surface area contributed by atoms with Crippen LogP contribution in [0.15, 0.2) is 34.4 Å². The maximum absolute atomic E-state index is 13.3. The van der Waals surface area contributed by atoms with Crippen molar-refractivity contribution < 1.29 is 13.9 Å². The Morgan fingerprint density at radius 3 is 3.04 bits per heavy atom. The molecule has 3 heterocycles. The van der Waals surface area contributed by atoms with Crippen LogP contribution in [0.5, 0.6) is 0 Å². The fourth-order valence-electron chi connectivity index (χ4n) is 3.20. The number of carbonyl (C=O) groups excluding carboxylic acids is 1. The van der Waals surface area contributed by atoms with Crippen molar-refractivity contribution >= 4 is 44.7 Å². The van der Waals surface area contributed by atoms with Gasteiger partial charge in [0.15, 0.2) is 0 Å². The summed E-state index contributed by atoms with van der Waals surface area (Å²) < 4.78 is 19.5. The van der Waals surface area contributed by atoms with E-state index in [4.69, 9.17) is 16.3 Å². The number of carbonyl (C=O) groups is 1. The van der Waals surface area contributed by atoms with E-state index in [-0.39, 0.29) is 23.2 Å². The van der Waals surface area contributed by atoms with Gasteiger partial charge in [0, 0.05) is 29.4 Å². The second-order valence-corrected chi connectivity index (χ2v) is 7.53. The second-order valence-electron chi connectivity index (χ2n) is 6.21. The van der Waals surface area contributed by atoms with Crippen LogP contribution in [0.3, 0.4) is 0 Å². The van der Waals surface area contributed by atoms with Crippen LogP contribution in [-0.4, -0.2) is 29.6 Å². The molecule has 4 rings (SSSR count). The Balaban J connectivity index is 1.66. The van der Waals surface area contributed by atoms with Crippen LogP contribution in [-0.2, 0) is 11.3 Å². The van der Waals surface area contributed by atoms with Gasteiger partial charge in [-0.2, -0.15) is 0 Å². The number of pyridine rings is 1. The highest BCUT2D eigenvalue weighted by Gasteiger charge is 2.30. The number of hydrogen-bond donors (Lipinski definition) is 2. The molecule has 1 aliphatic heterocycles. The van der Waals surface area contributed by atoms with Gasteiger partial charge < -0.3 is 19.9 Å². The number of thiophene rings is 1. The molecule has 1 aromatic carbocycles. The predicted octanol–water partition coefficient (Wildman–Crippen LogP) is 4.12. The van der Waals surface area contributed by atoms with E-state index in [9.17, 15) is 14.0 Å². The zero-order valence-electron chi connectivity index (χ0n) is 14.2. The van der Waals surface area contributed by atoms with Crippen molar-refractivity contribution in [3.05, 3.63) is 62.1 Å². The van der Waals surface area contributed by atoms with Crippen molar-refractivity contribution in [3.63, 3.8) is 0 Å². The first-order chi connectivity index (χ1) is 13.0. The van der Waals surface area contributed by atoms with E-state index in [0.29, 0.717) is 22.7 Å². The minimum Gasteiger partial charge on any atom is -0.373 e. The summed E-state index contributed by atoms with van der Waals surface area (Å²) in [6.45, 7) is 0.591. The molecule has 0 bridgehead atoms. The van der Waals surface area contributed by atoms with E-state index in [1.807, 2.05) is 11.4 Å². The van der Waals surface area contributed by atoms with Gasteiger partial charge in [-0.3, -0.25) is 4.79 Å². The lowest BCUT2D eigenvalue weighted by atomic mass is 9.99. The van der Waals surface area contributed by atoms with Crippen molar-refractivity contribution in [1.82, 2.24) is 9.88 Å². The number of nitrogens with one attached hydrogen (secondary N) is 2. The SMILES string of the molecule is CN(C(=O)Nc1ccc(F)c(Cl)c1)[C@H]1COCc2[nH]c(=O)c3sccc3c21. The Hall–Kier alpha value is -2.42. The highest BCUT2D eigenvalue weighted by molar-refractivity contribution is 7.17. The predicted molar refractivity (Wildman–Crippen MR) is 103 cm³/mol. The molecule has 9 heteroatoms. The summed E-state index contributed by atoms with van der Waals surface area (Å²) in [5, 5.41) is 5.32. The fourth-order valence-corrected chi connectivity index (χ4v) is 4.19. The molecule has 3 aromatic rings. The van der Waals surface area contributed by atoms with Crippen LogP contribution >= 0.6 is 22.9 Å². The Morgan fingerprint density at radius 2 is 2.26 bits per heavy atom. The molecule has 0 radical (unpaired) electrons. The van der Waals surface area contributed by atoms with Crippen molar-refractivity contribution in [3.8, 4) is 0 Å². The zero-order valence-corrected chi connectivity index (χ0v) is 15.8. The summed E-state index contributed by atoms with van der Waals surface area (Å²) in [6, 6.07) is 5.09. The zero-order chi connectivity index (χ0) is 19.1. The van der Waals surface area contributed by atoms with Gasteiger partial charge >= 0.3 is 6.03 Å². The molecule has 6 nitrogen and oxygen atoms in total. The van der Waals surface area contributed by atoms with E-state index in [1.165, 1.54) is 34.4 Å². The second kappa shape index (κ2) is 6.95. The molecular formula is C18H15ClFN3O3S. The van der Waals surface area contributed by atoms with Gasteiger partial charge in [0.25, 0.3) is 5.56 Å². The van der Waals surface area contributed by atoms with Crippen molar-refractivity contribution in [2.75, 3.05) is 19.0 Å². The first kappa shape index (κ1) is 18.0. The van der Waals surface area contributed by atoms with Crippen LogP contribution in [0.25, 0.3) is 10.1 Å². The van der Waals surface area contributed by atoms with Crippen LogP contribution < -0.4 is 10.9 Å². The normalized spacial score (nSPS) is 16.2. The number of halogens is 2. The number of urea groups is 1. The Kier molecular flexibility index (Phi) is 4.63. The lowest BCUT2D eigenvalue weighted by Crippen LogP contribution is -2.39. The number of likely N-dealkylation sites (N-methyl/N-ethyl adjacent to an activating group) is 1. The molecule has 0 unspecified atom stereocenters. The minimum atomic E-state index is -0.554. The number of amides is 2. The fraction of sp³-hybridized carbons (Fsp3) is 0.222. The molecule has 27 heavy (non-hydrogen) atoms. The number of aromatic nitrogens is 1. The molecule has 1 atom stereocenters. The molecule has 0 spiro atoms. The van der Waals surface area contributed by atoms with Crippen LogP contribution in [0.2, 0.25) is 5.02 Å². The van der Waals surface area contributed by atoms with Crippen molar-refractivity contribution in [1.29, 1.82) is 0 Å². The van der Waals surface area contributed by atoms with Crippen LogP contribution in [0.1, 0.15) is 17.3 Å². The maximum atomic E-state index is 13.3. The molecule has 140 valence electrons. The number of aromatic amines is 1. The van der Waals surface area contributed by atoms with Gasteiger partial charge in [-0.15, -0.1) is 11.3 Å². The van der Waals surface area contributed by atoms with E-state index in [2.05, 4.69) is 10.3 Å². The standard InChI is InChI=1S/C18H15ClFN3O3S/c1-23(18(25)21-9-2-3-12(20)11(19)6-9)14-8-26-7-13-15(14)10-4-5-27-16(10)17(24)22-13/h2-6,14H,7-8H2,1H3,(H,21,25)(H,22,24)/t14-/m0/s1. The third-order valence-electron chi connectivity index (χ3n) is 4.57. The van der Waals surface area contributed by atoms with Gasteiger partial charge in [0.1, 0.15) is 5.82 Å². The molecule has 2 aromatic heterocycles. The van der Waals surface area contributed by atoms with Gasteiger partial charge in [0.05, 0.1) is 29.0 Å². The highest BCUT2D eigenvalue weighted by Crippen LogP contribution is 2.34. The number of nitrogens with zero attached hydrogens (tertiary/aromatic N) is 1. The Bertz CT molecular complexity index is 1100. The minimum absolute atomic E-state index is 0.0700. The maximum Gasteiger partial charge on any atom is 0.322 e. The number of hydrogen-bond acceptors (Lipinski definition) is 4. The molecule has 2 N–H and O–H groups in total. The molecule has 0 aliphatic carbocycles. The van der Waals surface area contributed by atoms with Gasteiger partial charge in [-0.25, -0.2) is 9.18 Å².